The summed E-state index contributed by atoms with van der Waals surface area (Å²) in [6.45, 7) is 6.83. The van der Waals surface area contributed by atoms with Crippen molar-refractivity contribution in [3.8, 4) is 0 Å². The van der Waals surface area contributed by atoms with Gasteiger partial charge in [-0.1, -0.05) is 18.2 Å². The number of nitrogens with zero attached hydrogens (tertiary/aromatic N) is 1. The third-order valence-electron chi connectivity index (χ3n) is 4.64. The minimum absolute atomic E-state index is 0.0670. The minimum atomic E-state index is -0.228. The van der Waals surface area contributed by atoms with Gasteiger partial charge in [-0.15, -0.1) is 0 Å². The Morgan fingerprint density at radius 3 is 2.60 bits per heavy atom. The molecule has 5 heteroatoms. The zero-order valence-electron chi connectivity index (χ0n) is 14.8. The first kappa shape index (κ1) is 17.0. The van der Waals surface area contributed by atoms with Crippen LogP contribution in [0.3, 0.4) is 0 Å². The van der Waals surface area contributed by atoms with Crippen LogP contribution in [-0.4, -0.2) is 18.5 Å². The fourth-order valence-corrected chi connectivity index (χ4v) is 3.07. The van der Waals surface area contributed by atoms with Crippen LogP contribution in [0.25, 0.3) is 0 Å². The fraction of sp³-hybridized carbons (Fsp3) is 0.300. The molecule has 0 bridgehead atoms. The summed E-state index contributed by atoms with van der Waals surface area (Å²) in [5, 5.41) is 5.73. The number of fused-ring (bicyclic) bond motifs is 1. The van der Waals surface area contributed by atoms with Gasteiger partial charge in [0, 0.05) is 31.4 Å². The Balaban J connectivity index is 1.59. The van der Waals surface area contributed by atoms with Crippen LogP contribution in [-0.2, 0) is 17.8 Å². The highest BCUT2D eigenvalue weighted by Crippen LogP contribution is 2.28. The van der Waals surface area contributed by atoms with Gasteiger partial charge in [0.1, 0.15) is 0 Å². The predicted molar refractivity (Wildman–Crippen MR) is 99.9 cm³/mol. The van der Waals surface area contributed by atoms with Crippen molar-refractivity contribution in [3.05, 3.63) is 58.7 Å². The number of urea groups is 1. The Hall–Kier alpha value is -2.82. The molecule has 1 heterocycles. The molecule has 1 aliphatic heterocycles. The van der Waals surface area contributed by atoms with E-state index in [1.807, 2.05) is 44.2 Å². The summed E-state index contributed by atoms with van der Waals surface area (Å²) < 4.78 is 0. The van der Waals surface area contributed by atoms with Crippen LogP contribution in [0, 0.1) is 13.8 Å². The maximum absolute atomic E-state index is 12.1. The van der Waals surface area contributed by atoms with E-state index < -0.39 is 0 Å². The molecule has 0 saturated heterocycles. The number of aryl methyl sites for hydroxylation is 2. The Labute approximate surface area is 148 Å². The third kappa shape index (κ3) is 3.82. The van der Waals surface area contributed by atoms with Gasteiger partial charge in [0.15, 0.2) is 0 Å². The van der Waals surface area contributed by atoms with Crippen LogP contribution in [0.4, 0.5) is 16.2 Å². The number of amides is 3. The number of benzene rings is 2. The van der Waals surface area contributed by atoms with Gasteiger partial charge in [0.25, 0.3) is 0 Å². The average Bonchev–Trinajstić information content (AvgIpc) is 3.00. The molecule has 0 saturated carbocycles. The van der Waals surface area contributed by atoms with Crippen LogP contribution in [0.5, 0.6) is 0 Å². The second-order valence-electron chi connectivity index (χ2n) is 6.49. The van der Waals surface area contributed by atoms with E-state index in [1.165, 1.54) is 5.56 Å². The molecule has 0 spiro atoms. The van der Waals surface area contributed by atoms with Crippen molar-refractivity contribution in [1.82, 2.24) is 5.32 Å². The molecule has 25 heavy (non-hydrogen) atoms. The standard InChI is InChI=1S/C20H23N3O2/c1-13-4-6-18(10-14(13)2)22-20(25)21-12-16-5-7-19-17(11-16)8-9-23(19)15(3)24/h4-7,10-11H,8-9,12H2,1-3H3,(H2,21,22,25). The number of hydrogen-bond acceptors (Lipinski definition) is 2. The summed E-state index contributed by atoms with van der Waals surface area (Å²) in [5.41, 5.74) is 6.29. The van der Waals surface area contributed by atoms with E-state index in [0.29, 0.717) is 6.54 Å². The van der Waals surface area contributed by atoms with E-state index in [4.69, 9.17) is 0 Å². The van der Waals surface area contributed by atoms with Gasteiger partial charge in [0.05, 0.1) is 0 Å². The first-order valence-electron chi connectivity index (χ1n) is 8.46. The van der Waals surface area contributed by atoms with E-state index in [1.54, 1.807) is 11.8 Å². The molecule has 130 valence electrons. The fourth-order valence-electron chi connectivity index (χ4n) is 3.07. The van der Waals surface area contributed by atoms with Crippen molar-refractivity contribution in [1.29, 1.82) is 0 Å². The summed E-state index contributed by atoms with van der Waals surface area (Å²) in [7, 11) is 0. The molecule has 3 rings (SSSR count). The number of anilines is 2. The Kier molecular flexibility index (Phi) is 4.74. The quantitative estimate of drug-likeness (QED) is 0.900. The Morgan fingerprint density at radius 1 is 1.08 bits per heavy atom. The topological polar surface area (TPSA) is 61.4 Å². The van der Waals surface area contributed by atoms with Gasteiger partial charge >= 0.3 is 6.03 Å². The second-order valence-corrected chi connectivity index (χ2v) is 6.49. The SMILES string of the molecule is CC(=O)N1CCc2cc(CNC(=O)Nc3ccc(C)c(C)c3)ccc21. The molecule has 0 aliphatic carbocycles. The highest BCUT2D eigenvalue weighted by atomic mass is 16.2. The molecule has 0 radical (unpaired) electrons. The number of carbonyl (C=O) groups excluding carboxylic acids is 2. The molecule has 1 aliphatic rings. The summed E-state index contributed by atoms with van der Waals surface area (Å²) in [5.74, 6) is 0.0670. The van der Waals surface area contributed by atoms with Gasteiger partial charge < -0.3 is 15.5 Å². The molecule has 5 nitrogen and oxygen atoms in total. The van der Waals surface area contributed by atoms with E-state index >= 15 is 0 Å². The normalized spacial score (nSPS) is 12.7. The first-order chi connectivity index (χ1) is 11.9. The second kappa shape index (κ2) is 6.97. The number of nitrogens with one attached hydrogen (secondary N) is 2. The molecule has 2 aromatic carbocycles. The average molecular weight is 337 g/mol. The highest BCUT2D eigenvalue weighted by molar-refractivity contribution is 5.93. The lowest BCUT2D eigenvalue weighted by atomic mass is 10.1. The van der Waals surface area contributed by atoms with Crippen LogP contribution >= 0.6 is 0 Å². The molecule has 0 aromatic heterocycles. The molecular weight excluding hydrogens is 314 g/mol. The maximum atomic E-state index is 12.1. The van der Waals surface area contributed by atoms with Gasteiger partial charge in [-0.3, -0.25) is 4.79 Å². The van der Waals surface area contributed by atoms with Crippen LogP contribution in [0.2, 0.25) is 0 Å². The summed E-state index contributed by atoms with van der Waals surface area (Å²) in [6, 6.07) is 11.6. The van der Waals surface area contributed by atoms with E-state index in [9.17, 15) is 9.59 Å². The van der Waals surface area contributed by atoms with E-state index in [-0.39, 0.29) is 11.9 Å². The number of rotatable bonds is 3. The van der Waals surface area contributed by atoms with Crippen molar-refractivity contribution in [2.24, 2.45) is 0 Å². The zero-order valence-corrected chi connectivity index (χ0v) is 14.8. The summed E-state index contributed by atoms with van der Waals surface area (Å²) in [6.07, 6.45) is 0.859. The van der Waals surface area contributed by atoms with Crippen LogP contribution in [0.15, 0.2) is 36.4 Å². The Bertz CT molecular complexity index is 830. The largest absolute Gasteiger partial charge is 0.334 e. The van der Waals surface area contributed by atoms with Gasteiger partial charge in [-0.25, -0.2) is 4.79 Å². The molecule has 0 fully saturated rings. The molecule has 2 N–H and O–H groups in total. The molecule has 0 unspecified atom stereocenters. The van der Waals surface area contributed by atoms with Gasteiger partial charge in [0.2, 0.25) is 5.91 Å². The maximum Gasteiger partial charge on any atom is 0.319 e. The Morgan fingerprint density at radius 2 is 1.88 bits per heavy atom. The first-order valence-corrected chi connectivity index (χ1v) is 8.46. The van der Waals surface area contributed by atoms with Crippen LogP contribution in [0.1, 0.15) is 29.2 Å². The van der Waals surface area contributed by atoms with E-state index in [0.717, 1.165) is 41.0 Å². The van der Waals surface area contributed by atoms with Crippen molar-refractivity contribution < 1.29 is 9.59 Å². The summed E-state index contributed by atoms with van der Waals surface area (Å²) in [4.78, 5) is 25.5. The molecular formula is C20H23N3O2. The smallest absolute Gasteiger partial charge is 0.319 e. The lowest BCUT2D eigenvalue weighted by molar-refractivity contribution is -0.116. The van der Waals surface area contributed by atoms with Crippen molar-refractivity contribution in [3.63, 3.8) is 0 Å². The van der Waals surface area contributed by atoms with Crippen molar-refractivity contribution in [2.75, 3.05) is 16.8 Å². The molecule has 0 atom stereocenters. The highest BCUT2D eigenvalue weighted by Gasteiger charge is 2.22. The lowest BCUT2D eigenvalue weighted by Crippen LogP contribution is -2.28. The molecule has 3 amide bonds. The van der Waals surface area contributed by atoms with Gasteiger partial charge in [-0.2, -0.15) is 0 Å². The molecule has 2 aromatic rings. The lowest BCUT2D eigenvalue weighted by Gasteiger charge is -2.15. The minimum Gasteiger partial charge on any atom is -0.334 e. The third-order valence-corrected chi connectivity index (χ3v) is 4.64. The summed E-state index contributed by atoms with van der Waals surface area (Å²) >= 11 is 0. The van der Waals surface area contributed by atoms with Crippen LogP contribution < -0.4 is 15.5 Å². The van der Waals surface area contributed by atoms with Gasteiger partial charge in [-0.05, 0) is 60.7 Å². The van der Waals surface area contributed by atoms with E-state index in [2.05, 4.69) is 16.7 Å². The number of carbonyl (C=O) groups is 2. The van der Waals surface area contributed by atoms with Crippen molar-refractivity contribution in [2.45, 2.75) is 33.7 Å². The number of hydrogen-bond donors (Lipinski definition) is 2. The monoisotopic (exact) mass is 337 g/mol. The zero-order chi connectivity index (χ0) is 18.0. The predicted octanol–water partition coefficient (Wildman–Crippen LogP) is 3.53. The van der Waals surface area contributed by atoms with Crippen molar-refractivity contribution >= 4 is 23.3 Å².